The molecule has 0 amide bonds. The number of hydrogen-bond donors (Lipinski definition) is 0. The largest absolute Gasteiger partial charge is 0.294 e. The average molecular weight is 272 g/mol. The molecular weight excluding hydrogens is 256 g/mol. The van der Waals surface area contributed by atoms with Gasteiger partial charge in [0, 0.05) is 12.0 Å². The van der Waals surface area contributed by atoms with E-state index in [1.54, 1.807) is 0 Å². The predicted octanol–water partition coefficient (Wildman–Crippen LogP) is 4.36. The van der Waals surface area contributed by atoms with E-state index in [2.05, 4.69) is 24.3 Å². The summed E-state index contributed by atoms with van der Waals surface area (Å²) in [5.41, 5.74) is 4.71. The normalized spacial score (nSPS) is 12.8. The fraction of sp³-hybridized carbons (Fsp3) is 0.150. The second-order valence-electron chi connectivity index (χ2n) is 5.70. The monoisotopic (exact) mass is 272 g/mol. The van der Waals surface area contributed by atoms with E-state index in [1.165, 1.54) is 16.5 Å². The Labute approximate surface area is 124 Å². The van der Waals surface area contributed by atoms with Gasteiger partial charge in [0.15, 0.2) is 5.78 Å². The van der Waals surface area contributed by atoms with Crippen LogP contribution in [0.2, 0.25) is 0 Å². The van der Waals surface area contributed by atoms with E-state index < -0.39 is 0 Å². The summed E-state index contributed by atoms with van der Waals surface area (Å²) in [6, 6.07) is 20.5. The molecule has 0 atom stereocenters. The van der Waals surface area contributed by atoms with Gasteiger partial charge in [0.05, 0.1) is 0 Å². The SMILES string of the molecule is O=C(Cc1ccccc1)c1ccc2c3c(cccc13)CC2. The summed E-state index contributed by atoms with van der Waals surface area (Å²) in [4.78, 5) is 12.7. The molecule has 1 nitrogen and oxygen atoms in total. The summed E-state index contributed by atoms with van der Waals surface area (Å²) in [5.74, 6) is 0.205. The van der Waals surface area contributed by atoms with E-state index >= 15 is 0 Å². The van der Waals surface area contributed by atoms with Gasteiger partial charge in [-0.15, -0.1) is 0 Å². The molecule has 0 heterocycles. The van der Waals surface area contributed by atoms with Crippen molar-refractivity contribution >= 4 is 16.6 Å². The van der Waals surface area contributed by atoms with Gasteiger partial charge < -0.3 is 0 Å². The van der Waals surface area contributed by atoms with Crippen LogP contribution in [-0.2, 0) is 19.3 Å². The number of rotatable bonds is 3. The molecule has 0 bridgehead atoms. The van der Waals surface area contributed by atoms with E-state index in [0.29, 0.717) is 6.42 Å². The first-order valence-corrected chi connectivity index (χ1v) is 7.43. The fourth-order valence-electron chi connectivity index (χ4n) is 3.37. The smallest absolute Gasteiger partial charge is 0.167 e. The van der Waals surface area contributed by atoms with Gasteiger partial charge in [-0.2, -0.15) is 0 Å². The maximum Gasteiger partial charge on any atom is 0.167 e. The van der Waals surface area contributed by atoms with E-state index in [4.69, 9.17) is 0 Å². The highest BCUT2D eigenvalue weighted by Crippen LogP contribution is 2.33. The summed E-state index contributed by atoms with van der Waals surface area (Å²) in [6.45, 7) is 0. The number of aryl methyl sites for hydroxylation is 2. The molecule has 0 spiro atoms. The minimum atomic E-state index is 0.205. The zero-order valence-corrected chi connectivity index (χ0v) is 11.8. The van der Waals surface area contributed by atoms with Gasteiger partial charge in [-0.3, -0.25) is 4.79 Å². The van der Waals surface area contributed by atoms with Gasteiger partial charge >= 0.3 is 0 Å². The molecule has 0 radical (unpaired) electrons. The Kier molecular flexibility index (Phi) is 2.85. The van der Waals surface area contributed by atoms with Gasteiger partial charge in [0.25, 0.3) is 0 Å². The molecule has 3 aromatic rings. The number of benzene rings is 3. The summed E-state index contributed by atoms with van der Waals surface area (Å²) in [5, 5.41) is 2.44. The quantitative estimate of drug-likeness (QED) is 0.647. The topological polar surface area (TPSA) is 17.1 Å². The molecule has 0 aromatic heterocycles. The van der Waals surface area contributed by atoms with Crippen molar-refractivity contribution in [2.45, 2.75) is 19.3 Å². The zero-order chi connectivity index (χ0) is 14.2. The van der Waals surface area contributed by atoms with Gasteiger partial charge in [-0.25, -0.2) is 0 Å². The first-order valence-electron chi connectivity index (χ1n) is 7.43. The highest BCUT2D eigenvalue weighted by atomic mass is 16.1. The maximum absolute atomic E-state index is 12.7. The number of carbonyl (C=O) groups is 1. The molecule has 4 rings (SSSR count). The minimum absolute atomic E-state index is 0.205. The predicted molar refractivity (Wildman–Crippen MR) is 85.8 cm³/mol. The second kappa shape index (κ2) is 4.85. The van der Waals surface area contributed by atoms with Crippen molar-refractivity contribution in [3.8, 4) is 0 Å². The van der Waals surface area contributed by atoms with Crippen LogP contribution in [0.1, 0.15) is 27.0 Å². The highest BCUT2D eigenvalue weighted by molar-refractivity contribution is 6.10. The van der Waals surface area contributed by atoms with E-state index in [1.807, 2.05) is 36.4 Å². The van der Waals surface area contributed by atoms with Crippen LogP contribution in [0.3, 0.4) is 0 Å². The minimum Gasteiger partial charge on any atom is -0.294 e. The first-order chi connectivity index (χ1) is 10.3. The van der Waals surface area contributed by atoms with Crippen molar-refractivity contribution in [3.05, 3.63) is 82.9 Å². The lowest BCUT2D eigenvalue weighted by Crippen LogP contribution is -2.04. The Hall–Kier alpha value is -2.41. The van der Waals surface area contributed by atoms with E-state index in [0.717, 1.165) is 29.4 Å². The van der Waals surface area contributed by atoms with Crippen molar-refractivity contribution in [1.29, 1.82) is 0 Å². The molecule has 3 aromatic carbocycles. The third-order valence-electron chi connectivity index (χ3n) is 4.38. The van der Waals surface area contributed by atoms with Crippen LogP contribution in [-0.4, -0.2) is 5.78 Å². The van der Waals surface area contributed by atoms with Crippen LogP contribution in [0.5, 0.6) is 0 Å². The highest BCUT2D eigenvalue weighted by Gasteiger charge is 2.18. The lowest BCUT2D eigenvalue weighted by Gasteiger charge is -2.08. The lowest BCUT2D eigenvalue weighted by molar-refractivity contribution is 0.0994. The van der Waals surface area contributed by atoms with Crippen LogP contribution in [0.25, 0.3) is 10.8 Å². The Bertz CT molecular complexity index is 821. The Morgan fingerprint density at radius 1 is 0.810 bits per heavy atom. The molecule has 0 N–H and O–H groups in total. The van der Waals surface area contributed by atoms with Crippen molar-refractivity contribution in [1.82, 2.24) is 0 Å². The molecule has 0 saturated heterocycles. The maximum atomic E-state index is 12.7. The molecule has 0 fully saturated rings. The first kappa shape index (κ1) is 12.3. The van der Waals surface area contributed by atoms with Crippen molar-refractivity contribution in [2.24, 2.45) is 0 Å². The van der Waals surface area contributed by atoms with E-state index in [9.17, 15) is 4.79 Å². The molecular formula is C20H16O. The summed E-state index contributed by atoms with van der Waals surface area (Å²) >= 11 is 0. The van der Waals surface area contributed by atoms with Crippen molar-refractivity contribution in [3.63, 3.8) is 0 Å². The summed E-state index contributed by atoms with van der Waals surface area (Å²) < 4.78 is 0. The third-order valence-corrected chi connectivity index (χ3v) is 4.38. The molecule has 21 heavy (non-hydrogen) atoms. The summed E-state index contributed by atoms with van der Waals surface area (Å²) in [6.07, 6.45) is 2.67. The van der Waals surface area contributed by atoms with Gasteiger partial charge in [0.2, 0.25) is 0 Å². The van der Waals surface area contributed by atoms with E-state index in [-0.39, 0.29) is 5.78 Å². The molecule has 102 valence electrons. The molecule has 0 saturated carbocycles. The van der Waals surface area contributed by atoms with Crippen molar-refractivity contribution in [2.75, 3.05) is 0 Å². The number of Topliss-reactive ketones (excluding diaryl/α,β-unsaturated/α-hetero) is 1. The Morgan fingerprint density at radius 3 is 2.38 bits per heavy atom. The van der Waals surface area contributed by atoms with Gasteiger partial charge in [-0.1, -0.05) is 60.7 Å². The average Bonchev–Trinajstić information content (AvgIpc) is 2.94. The second-order valence-corrected chi connectivity index (χ2v) is 5.70. The molecule has 0 aliphatic heterocycles. The van der Waals surface area contributed by atoms with Gasteiger partial charge in [-0.05, 0) is 40.3 Å². The molecule has 1 aliphatic carbocycles. The van der Waals surface area contributed by atoms with Crippen LogP contribution >= 0.6 is 0 Å². The van der Waals surface area contributed by atoms with Crippen LogP contribution < -0.4 is 0 Å². The number of hydrogen-bond acceptors (Lipinski definition) is 1. The molecule has 0 unspecified atom stereocenters. The Morgan fingerprint density at radius 2 is 1.57 bits per heavy atom. The Balaban J connectivity index is 1.79. The third kappa shape index (κ3) is 2.06. The number of carbonyl (C=O) groups excluding carboxylic acids is 1. The van der Waals surface area contributed by atoms with Crippen molar-refractivity contribution < 1.29 is 4.79 Å². The fourth-order valence-corrected chi connectivity index (χ4v) is 3.37. The molecule has 1 aliphatic rings. The zero-order valence-electron chi connectivity index (χ0n) is 11.8. The number of ketones is 1. The van der Waals surface area contributed by atoms with Crippen LogP contribution in [0.4, 0.5) is 0 Å². The lowest BCUT2D eigenvalue weighted by atomic mass is 9.95. The van der Waals surface area contributed by atoms with Crippen LogP contribution in [0.15, 0.2) is 60.7 Å². The summed E-state index contributed by atoms with van der Waals surface area (Å²) in [7, 11) is 0. The van der Waals surface area contributed by atoms with Crippen LogP contribution in [0, 0.1) is 0 Å². The van der Waals surface area contributed by atoms with Gasteiger partial charge in [0.1, 0.15) is 0 Å². The molecule has 1 heteroatoms. The standard InChI is InChI=1S/C20H16O/c21-19(13-14-5-2-1-3-6-14)17-12-11-16-10-9-15-7-4-8-18(17)20(15)16/h1-8,11-12H,9-10,13H2.